The summed E-state index contributed by atoms with van der Waals surface area (Å²) in [7, 11) is 0. The summed E-state index contributed by atoms with van der Waals surface area (Å²) in [5.74, 6) is 0.0590. The molecule has 2 rings (SSSR count). The molecule has 0 fully saturated rings. The van der Waals surface area contributed by atoms with Crippen LogP contribution in [-0.4, -0.2) is 5.78 Å². The van der Waals surface area contributed by atoms with Crippen LogP contribution in [0.4, 0.5) is 0 Å². The van der Waals surface area contributed by atoms with E-state index in [-0.39, 0.29) is 5.78 Å². The van der Waals surface area contributed by atoms with Gasteiger partial charge in [0.15, 0.2) is 5.78 Å². The first-order valence-electron chi connectivity index (χ1n) is 5.10. The molecule has 0 radical (unpaired) electrons. The molecule has 1 aromatic rings. The van der Waals surface area contributed by atoms with Crippen LogP contribution in [0.1, 0.15) is 34.3 Å². The average Bonchev–Trinajstić information content (AvgIpc) is 2.27. The topological polar surface area (TPSA) is 17.1 Å². The van der Waals surface area contributed by atoms with Crippen LogP contribution < -0.4 is 0 Å². The number of aryl methyl sites for hydroxylation is 1. The number of hydrogen-bond donors (Lipinski definition) is 0. The Bertz CT molecular complexity index is 377. The summed E-state index contributed by atoms with van der Waals surface area (Å²) < 4.78 is 0. The van der Waals surface area contributed by atoms with Crippen molar-refractivity contribution in [1.82, 2.24) is 0 Å². The fraction of sp³-hybridized carbons (Fsp3) is 0.308. The van der Waals surface area contributed by atoms with Gasteiger partial charge in [0.05, 0.1) is 0 Å². The maximum atomic E-state index is 11.6. The molecule has 0 bridgehead atoms. The van der Waals surface area contributed by atoms with E-state index in [4.69, 9.17) is 0 Å². The van der Waals surface area contributed by atoms with E-state index in [0.717, 1.165) is 18.4 Å². The molecule has 0 spiro atoms. The Balaban J connectivity index is 2.50. The van der Waals surface area contributed by atoms with E-state index in [0.29, 0.717) is 0 Å². The standard InChI is InChI=1S/C13H14O/c1-2-13(14)12-9-5-7-10-6-3-4-8-11(10)12/h2,5,7,9H,1,3-4,6,8H2. The van der Waals surface area contributed by atoms with Gasteiger partial charge in [0.1, 0.15) is 0 Å². The second kappa shape index (κ2) is 3.79. The molecular formula is C13H14O. The molecule has 1 aliphatic carbocycles. The molecule has 0 aromatic heterocycles. The van der Waals surface area contributed by atoms with Gasteiger partial charge < -0.3 is 0 Å². The molecule has 0 unspecified atom stereocenters. The Morgan fingerprint density at radius 2 is 2.07 bits per heavy atom. The van der Waals surface area contributed by atoms with Crippen LogP contribution >= 0.6 is 0 Å². The summed E-state index contributed by atoms with van der Waals surface area (Å²) in [5.41, 5.74) is 3.46. The highest BCUT2D eigenvalue weighted by Crippen LogP contribution is 2.24. The molecule has 1 heteroatoms. The zero-order chi connectivity index (χ0) is 9.97. The van der Waals surface area contributed by atoms with E-state index in [1.54, 1.807) is 0 Å². The van der Waals surface area contributed by atoms with E-state index >= 15 is 0 Å². The zero-order valence-corrected chi connectivity index (χ0v) is 8.25. The van der Waals surface area contributed by atoms with E-state index in [1.165, 1.54) is 30.0 Å². The quantitative estimate of drug-likeness (QED) is 0.512. The van der Waals surface area contributed by atoms with Crippen molar-refractivity contribution < 1.29 is 4.79 Å². The molecule has 0 aliphatic heterocycles. The van der Waals surface area contributed by atoms with E-state index < -0.39 is 0 Å². The maximum absolute atomic E-state index is 11.6. The number of carbonyl (C=O) groups is 1. The predicted molar refractivity (Wildman–Crippen MR) is 57.6 cm³/mol. The van der Waals surface area contributed by atoms with Crippen molar-refractivity contribution in [3.05, 3.63) is 47.5 Å². The largest absolute Gasteiger partial charge is 0.289 e. The highest BCUT2D eigenvalue weighted by Gasteiger charge is 2.15. The van der Waals surface area contributed by atoms with Gasteiger partial charge >= 0.3 is 0 Å². The maximum Gasteiger partial charge on any atom is 0.185 e. The lowest BCUT2D eigenvalue weighted by molar-refractivity contribution is 0.104. The molecule has 0 heterocycles. The Kier molecular flexibility index (Phi) is 2.49. The molecule has 0 N–H and O–H groups in total. The Morgan fingerprint density at radius 3 is 2.86 bits per heavy atom. The van der Waals surface area contributed by atoms with E-state index in [9.17, 15) is 4.79 Å². The third-order valence-corrected chi connectivity index (χ3v) is 2.85. The molecule has 0 atom stereocenters. The minimum absolute atomic E-state index is 0.0590. The van der Waals surface area contributed by atoms with Crippen molar-refractivity contribution in [2.45, 2.75) is 25.7 Å². The minimum Gasteiger partial charge on any atom is -0.289 e. The van der Waals surface area contributed by atoms with Crippen LogP contribution in [0.2, 0.25) is 0 Å². The SMILES string of the molecule is C=CC(=O)c1cccc2c1CCCC2. The summed E-state index contributed by atoms with van der Waals surface area (Å²) in [6, 6.07) is 6.02. The number of allylic oxidation sites excluding steroid dienone is 1. The van der Waals surface area contributed by atoms with E-state index in [2.05, 4.69) is 12.6 Å². The second-order valence-electron chi connectivity index (χ2n) is 3.72. The lowest BCUT2D eigenvalue weighted by Gasteiger charge is -2.17. The van der Waals surface area contributed by atoms with Gasteiger partial charge in [-0.2, -0.15) is 0 Å². The lowest BCUT2D eigenvalue weighted by atomic mass is 9.87. The molecule has 72 valence electrons. The van der Waals surface area contributed by atoms with Gasteiger partial charge in [-0.25, -0.2) is 0 Å². The van der Waals surface area contributed by atoms with Crippen LogP contribution in [0.25, 0.3) is 0 Å². The number of carbonyl (C=O) groups excluding carboxylic acids is 1. The van der Waals surface area contributed by atoms with Gasteiger partial charge in [-0.3, -0.25) is 4.79 Å². The number of ketones is 1. The van der Waals surface area contributed by atoms with Crippen molar-refractivity contribution >= 4 is 5.78 Å². The van der Waals surface area contributed by atoms with Crippen molar-refractivity contribution in [3.8, 4) is 0 Å². The highest BCUT2D eigenvalue weighted by molar-refractivity contribution is 6.05. The summed E-state index contributed by atoms with van der Waals surface area (Å²) in [6.07, 6.45) is 6.02. The fourth-order valence-electron chi connectivity index (χ4n) is 2.12. The molecule has 0 saturated heterocycles. The van der Waals surface area contributed by atoms with Crippen molar-refractivity contribution in [2.75, 3.05) is 0 Å². The molecule has 1 aliphatic rings. The van der Waals surface area contributed by atoms with Gasteiger partial charge in [-0.1, -0.05) is 24.8 Å². The average molecular weight is 186 g/mol. The highest BCUT2D eigenvalue weighted by atomic mass is 16.1. The third-order valence-electron chi connectivity index (χ3n) is 2.85. The summed E-state index contributed by atoms with van der Waals surface area (Å²) in [6.45, 7) is 3.54. The smallest absolute Gasteiger partial charge is 0.185 e. The van der Waals surface area contributed by atoms with Crippen molar-refractivity contribution in [3.63, 3.8) is 0 Å². The molecule has 1 aromatic carbocycles. The molecular weight excluding hydrogens is 172 g/mol. The molecule has 1 nitrogen and oxygen atoms in total. The first-order chi connectivity index (χ1) is 6.83. The Morgan fingerprint density at radius 1 is 1.29 bits per heavy atom. The number of benzene rings is 1. The molecule has 14 heavy (non-hydrogen) atoms. The third kappa shape index (κ3) is 1.50. The van der Waals surface area contributed by atoms with Crippen LogP contribution in [0.3, 0.4) is 0 Å². The van der Waals surface area contributed by atoms with Crippen LogP contribution in [0.5, 0.6) is 0 Å². The van der Waals surface area contributed by atoms with E-state index in [1.807, 2.05) is 12.1 Å². The summed E-state index contributed by atoms with van der Waals surface area (Å²) in [5, 5.41) is 0. The molecule has 0 amide bonds. The van der Waals surface area contributed by atoms with Gasteiger partial charge in [0.2, 0.25) is 0 Å². The van der Waals surface area contributed by atoms with Crippen molar-refractivity contribution in [2.24, 2.45) is 0 Å². The zero-order valence-electron chi connectivity index (χ0n) is 8.25. The first-order valence-corrected chi connectivity index (χ1v) is 5.10. The lowest BCUT2D eigenvalue weighted by Crippen LogP contribution is -2.09. The second-order valence-corrected chi connectivity index (χ2v) is 3.72. The first kappa shape index (κ1) is 9.20. The fourth-order valence-corrected chi connectivity index (χ4v) is 2.12. The van der Waals surface area contributed by atoms with Gasteiger partial charge in [-0.15, -0.1) is 0 Å². The number of hydrogen-bond acceptors (Lipinski definition) is 1. The minimum atomic E-state index is 0.0590. The normalized spacial score (nSPS) is 14.6. The Hall–Kier alpha value is -1.37. The number of fused-ring (bicyclic) bond motifs is 1. The molecule has 0 saturated carbocycles. The van der Waals surface area contributed by atoms with Gasteiger partial charge in [0.25, 0.3) is 0 Å². The number of rotatable bonds is 2. The van der Waals surface area contributed by atoms with Crippen LogP contribution in [0.15, 0.2) is 30.9 Å². The van der Waals surface area contributed by atoms with Gasteiger partial charge in [0, 0.05) is 5.56 Å². The summed E-state index contributed by atoms with van der Waals surface area (Å²) >= 11 is 0. The van der Waals surface area contributed by atoms with Gasteiger partial charge in [-0.05, 0) is 42.9 Å². The van der Waals surface area contributed by atoms with Crippen molar-refractivity contribution in [1.29, 1.82) is 0 Å². The van der Waals surface area contributed by atoms with Crippen LogP contribution in [-0.2, 0) is 12.8 Å². The summed E-state index contributed by atoms with van der Waals surface area (Å²) in [4.78, 5) is 11.6. The monoisotopic (exact) mass is 186 g/mol. The Labute approximate surface area is 84.5 Å². The predicted octanol–water partition coefficient (Wildman–Crippen LogP) is 2.93. The van der Waals surface area contributed by atoms with Crippen LogP contribution in [0, 0.1) is 0 Å².